The zero-order valence-corrected chi connectivity index (χ0v) is 15.2. The minimum absolute atomic E-state index is 0.260. The highest BCUT2D eigenvalue weighted by molar-refractivity contribution is 7.17. The number of thiophene rings is 1. The molecule has 0 fully saturated rings. The number of benzene rings is 2. The molecule has 3 N–H and O–H groups in total. The maximum absolute atomic E-state index is 12.2. The van der Waals surface area contributed by atoms with Crippen molar-refractivity contribution in [3.63, 3.8) is 0 Å². The number of nitrogens with two attached hydrogens (primary N) is 1. The van der Waals surface area contributed by atoms with Gasteiger partial charge in [-0.15, -0.1) is 11.3 Å². The summed E-state index contributed by atoms with van der Waals surface area (Å²) in [6.07, 6.45) is 3.37. The Morgan fingerprint density at radius 3 is 2.58 bits per heavy atom. The summed E-state index contributed by atoms with van der Waals surface area (Å²) in [5.41, 5.74) is 7.70. The van der Waals surface area contributed by atoms with E-state index in [1.54, 1.807) is 17.8 Å². The van der Waals surface area contributed by atoms with Gasteiger partial charge in [0.15, 0.2) is 0 Å². The van der Waals surface area contributed by atoms with Crippen LogP contribution in [0.5, 0.6) is 0 Å². The normalized spacial score (nSPS) is 12.0. The van der Waals surface area contributed by atoms with E-state index in [0.29, 0.717) is 12.8 Å². The van der Waals surface area contributed by atoms with Crippen molar-refractivity contribution in [3.8, 4) is 0 Å². The summed E-state index contributed by atoms with van der Waals surface area (Å²) in [4.78, 5) is 24.0. The van der Waals surface area contributed by atoms with Crippen molar-refractivity contribution in [2.75, 3.05) is 0 Å². The predicted molar refractivity (Wildman–Crippen MR) is 106 cm³/mol. The van der Waals surface area contributed by atoms with Gasteiger partial charge in [0.2, 0.25) is 11.8 Å². The number of carbonyl (C=O) groups is 2. The molecular weight excluding hydrogens is 344 g/mol. The first-order chi connectivity index (χ1) is 12.6. The van der Waals surface area contributed by atoms with Crippen LogP contribution in [-0.4, -0.2) is 17.9 Å². The number of hydrogen-bond acceptors (Lipinski definition) is 3. The van der Waals surface area contributed by atoms with Gasteiger partial charge in [-0.3, -0.25) is 9.59 Å². The van der Waals surface area contributed by atoms with E-state index in [1.165, 1.54) is 5.56 Å². The summed E-state index contributed by atoms with van der Waals surface area (Å²) in [6, 6.07) is 17.3. The zero-order chi connectivity index (χ0) is 18.4. The maximum atomic E-state index is 12.2. The summed E-state index contributed by atoms with van der Waals surface area (Å²) < 4.78 is 1.16. The summed E-state index contributed by atoms with van der Waals surface area (Å²) in [7, 11) is 0. The van der Waals surface area contributed by atoms with E-state index in [9.17, 15) is 9.59 Å². The second-order valence-electron chi connectivity index (χ2n) is 6.15. The molecule has 1 radical (unpaired) electrons. The molecule has 1 heterocycles. The first-order valence-corrected chi connectivity index (χ1v) is 9.43. The molecule has 26 heavy (non-hydrogen) atoms. The maximum Gasteiger partial charge on any atom is 0.240 e. The van der Waals surface area contributed by atoms with Crippen LogP contribution in [0.25, 0.3) is 10.1 Å². The van der Waals surface area contributed by atoms with Gasteiger partial charge in [0, 0.05) is 17.5 Å². The number of nitrogens with one attached hydrogen (secondary N) is 1. The molecule has 4 nitrogen and oxygen atoms in total. The van der Waals surface area contributed by atoms with Crippen molar-refractivity contribution in [2.24, 2.45) is 5.73 Å². The molecule has 0 unspecified atom stereocenters. The molecule has 0 aliphatic rings. The minimum atomic E-state index is -0.714. The zero-order valence-electron chi connectivity index (χ0n) is 14.4. The molecule has 2 aromatic carbocycles. The lowest BCUT2D eigenvalue weighted by molar-refractivity contribution is -0.125. The lowest BCUT2D eigenvalue weighted by Crippen LogP contribution is -2.45. The highest BCUT2D eigenvalue weighted by Crippen LogP contribution is 2.26. The van der Waals surface area contributed by atoms with Crippen molar-refractivity contribution in [1.82, 2.24) is 5.32 Å². The van der Waals surface area contributed by atoms with E-state index in [2.05, 4.69) is 5.32 Å². The van der Waals surface area contributed by atoms with Crippen LogP contribution in [0, 0.1) is 6.42 Å². The molecule has 0 spiro atoms. The summed E-state index contributed by atoms with van der Waals surface area (Å²) in [5.74, 6) is -0.783. The Kier molecular flexibility index (Phi) is 6.02. The average molecular weight is 365 g/mol. The summed E-state index contributed by atoms with van der Waals surface area (Å²) in [5, 5.41) is 5.86. The Balaban J connectivity index is 1.56. The standard InChI is InChI=1S/C21H21N2O2S/c22-21(25)18(13-16-14-26-19-11-5-4-10-17(16)19)23-20(24)12-6-9-15-7-2-1-3-8-15/h1-5,7-8,10-12,14,18H,6,9,13H2,(H2,22,25)(H,23,24)/t18-/m0/s1. The van der Waals surface area contributed by atoms with Gasteiger partial charge in [0.25, 0.3) is 0 Å². The Labute approximate surface area is 157 Å². The molecule has 3 aromatic rings. The first kappa shape index (κ1) is 18.1. The molecule has 0 bridgehead atoms. The number of carbonyl (C=O) groups excluding carboxylic acids is 2. The number of fused-ring (bicyclic) bond motifs is 1. The van der Waals surface area contributed by atoms with E-state index in [-0.39, 0.29) is 5.91 Å². The molecule has 0 aliphatic heterocycles. The van der Waals surface area contributed by atoms with Gasteiger partial charge < -0.3 is 11.1 Å². The molecule has 0 aliphatic carbocycles. The van der Waals surface area contributed by atoms with Gasteiger partial charge in [0.05, 0.1) is 0 Å². The van der Waals surface area contributed by atoms with Crippen LogP contribution in [0.1, 0.15) is 17.5 Å². The Bertz CT molecular complexity index is 889. The van der Waals surface area contributed by atoms with Crippen LogP contribution < -0.4 is 11.1 Å². The Morgan fingerprint density at radius 2 is 1.81 bits per heavy atom. The lowest BCUT2D eigenvalue weighted by atomic mass is 10.0. The van der Waals surface area contributed by atoms with Crippen molar-refractivity contribution < 1.29 is 9.59 Å². The monoisotopic (exact) mass is 365 g/mol. The van der Waals surface area contributed by atoms with Crippen LogP contribution in [0.4, 0.5) is 0 Å². The van der Waals surface area contributed by atoms with Crippen molar-refractivity contribution in [3.05, 3.63) is 77.5 Å². The predicted octanol–water partition coefficient (Wildman–Crippen LogP) is 3.25. The van der Waals surface area contributed by atoms with Crippen LogP contribution >= 0.6 is 11.3 Å². The van der Waals surface area contributed by atoms with Crippen LogP contribution in [-0.2, 0) is 22.4 Å². The van der Waals surface area contributed by atoms with Gasteiger partial charge >= 0.3 is 0 Å². The number of aryl methyl sites for hydroxylation is 1. The minimum Gasteiger partial charge on any atom is -0.368 e. The highest BCUT2D eigenvalue weighted by atomic mass is 32.1. The second kappa shape index (κ2) is 8.63. The third-order valence-electron chi connectivity index (χ3n) is 4.25. The summed E-state index contributed by atoms with van der Waals surface area (Å²) >= 11 is 1.63. The van der Waals surface area contributed by atoms with Crippen molar-refractivity contribution in [2.45, 2.75) is 25.3 Å². The third-order valence-corrected chi connectivity index (χ3v) is 5.26. The number of primary amides is 1. The quantitative estimate of drug-likeness (QED) is 0.643. The highest BCUT2D eigenvalue weighted by Gasteiger charge is 2.20. The van der Waals surface area contributed by atoms with Crippen LogP contribution in [0.15, 0.2) is 60.0 Å². The van der Waals surface area contributed by atoms with Gasteiger partial charge in [-0.1, -0.05) is 48.5 Å². The first-order valence-electron chi connectivity index (χ1n) is 8.55. The Hall–Kier alpha value is -2.66. The molecule has 133 valence electrons. The Morgan fingerprint density at radius 1 is 1.08 bits per heavy atom. The largest absolute Gasteiger partial charge is 0.368 e. The van der Waals surface area contributed by atoms with E-state index < -0.39 is 11.9 Å². The third kappa shape index (κ3) is 4.70. The van der Waals surface area contributed by atoms with E-state index in [4.69, 9.17) is 5.73 Å². The van der Waals surface area contributed by atoms with Gasteiger partial charge in [-0.05, 0) is 40.8 Å². The molecular formula is C21H21N2O2S. The fourth-order valence-corrected chi connectivity index (χ4v) is 3.85. The van der Waals surface area contributed by atoms with Crippen molar-refractivity contribution >= 4 is 33.2 Å². The number of hydrogen-bond donors (Lipinski definition) is 2. The molecule has 5 heteroatoms. The second-order valence-corrected chi connectivity index (χ2v) is 7.06. The van der Waals surface area contributed by atoms with E-state index in [1.807, 2.05) is 60.0 Å². The SMILES string of the molecule is NC(=O)[C@H](Cc1csc2ccccc12)NC(=O)[CH]CCc1ccccc1. The van der Waals surface area contributed by atoms with Gasteiger partial charge in [0.1, 0.15) is 6.04 Å². The average Bonchev–Trinajstić information content (AvgIpc) is 3.05. The summed E-state index contributed by atoms with van der Waals surface area (Å²) in [6.45, 7) is 0. The number of rotatable bonds is 8. The van der Waals surface area contributed by atoms with Gasteiger partial charge in [-0.2, -0.15) is 0 Å². The molecule has 0 saturated carbocycles. The molecule has 3 rings (SSSR count). The lowest BCUT2D eigenvalue weighted by Gasteiger charge is -2.15. The number of amides is 2. The molecule has 1 atom stereocenters. The van der Waals surface area contributed by atoms with Crippen LogP contribution in [0.2, 0.25) is 0 Å². The molecule has 0 saturated heterocycles. The fourth-order valence-electron chi connectivity index (χ4n) is 2.88. The topological polar surface area (TPSA) is 72.2 Å². The van der Waals surface area contributed by atoms with Crippen molar-refractivity contribution in [1.29, 1.82) is 0 Å². The fraction of sp³-hybridized carbons (Fsp3) is 0.190. The smallest absolute Gasteiger partial charge is 0.240 e. The van der Waals surface area contributed by atoms with Crippen LogP contribution in [0.3, 0.4) is 0 Å². The van der Waals surface area contributed by atoms with E-state index >= 15 is 0 Å². The molecule has 2 amide bonds. The van der Waals surface area contributed by atoms with Gasteiger partial charge in [-0.25, -0.2) is 0 Å². The molecule has 1 aromatic heterocycles. The van der Waals surface area contributed by atoms with E-state index in [0.717, 1.165) is 22.1 Å².